The van der Waals surface area contributed by atoms with Crippen molar-refractivity contribution in [1.82, 2.24) is 0 Å². The third-order valence-corrected chi connectivity index (χ3v) is 3.08. The van der Waals surface area contributed by atoms with Gasteiger partial charge < -0.3 is 14.8 Å². The van der Waals surface area contributed by atoms with Gasteiger partial charge in [0.25, 0.3) is 5.91 Å². The molecule has 22 heavy (non-hydrogen) atoms. The van der Waals surface area contributed by atoms with Crippen LogP contribution in [0.25, 0.3) is 0 Å². The van der Waals surface area contributed by atoms with Crippen molar-refractivity contribution >= 4 is 11.6 Å². The van der Waals surface area contributed by atoms with Crippen molar-refractivity contribution < 1.29 is 14.3 Å². The maximum absolute atomic E-state index is 12.3. The Morgan fingerprint density at radius 3 is 2.41 bits per heavy atom. The number of benzene rings is 2. The van der Waals surface area contributed by atoms with Crippen molar-refractivity contribution in [2.45, 2.75) is 20.8 Å². The van der Waals surface area contributed by atoms with Crippen LogP contribution in [0.1, 0.15) is 29.8 Å². The Kier molecular flexibility index (Phi) is 5.42. The SMILES string of the molecule is CCOc1ccc(C(=O)Nc2cccc(C)c2)cc1OCC. The summed E-state index contributed by atoms with van der Waals surface area (Å²) < 4.78 is 11.0. The van der Waals surface area contributed by atoms with Gasteiger partial charge in [-0.05, 0) is 56.7 Å². The first-order valence-electron chi connectivity index (χ1n) is 7.41. The van der Waals surface area contributed by atoms with Crippen LogP contribution in [0.4, 0.5) is 5.69 Å². The minimum Gasteiger partial charge on any atom is -0.490 e. The predicted octanol–water partition coefficient (Wildman–Crippen LogP) is 4.04. The molecule has 0 saturated carbocycles. The van der Waals surface area contributed by atoms with E-state index >= 15 is 0 Å². The molecule has 0 fully saturated rings. The van der Waals surface area contributed by atoms with Crippen LogP contribution in [-0.4, -0.2) is 19.1 Å². The zero-order valence-corrected chi connectivity index (χ0v) is 13.2. The number of hydrogen-bond donors (Lipinski definition) is 1. The van der Waals surface area contributed by atoms with Crippen LogP contribution in [0.15, 0.2) is 42.5 Å². The highest BCUT2D eigenvalue weighted by Gasteiger charge is 2.11. The Hall–Kier alpha value is -2.49. The zero-order chi connectivity index (χ0) is 15.9. The first-order chi connectivity index (χ1) is 10.6. The number of anilines is 1. The minimum atomic E-state index is -0.172. The number of nitrogens with one attached hydrogen (secondary N) is 1. The maximum Gasteiger partial charge on any atom is 0.255 e. The number of amides is 1. The summed E-state index contributed by atoms with van der Waals surface area (Å²) in [6.45, 7) is 6.86. The van der Waals surface area contributed by atoms with Crippen LogP contribution in [0.5, 0.6) is 11.5 Å². The molecule has 0 aliphatic rings. The molecule has 0 aromatic heterocycles. The lowest BCUT2D eigenvalue weighted by Gasteiger charge is -2.12. The molecule has 2 rings (SSSR count). The fourth-order valence-corrected chi connectivity index (χ4v) is 2.12. The topological polar surface area (TPSA) is 47.6 Å². The van der Waals surface area contributed by atoms with Gasteiger partial charge in [-0.1, -0.05) is 12.1 Å². The minimum absolute atomic E-state index is 0.172. The van der Waals surface area contributed by atoms with Gasteiger partial charge in [-0.3, -0.25) is 4.79 Å². The summed E-state index contributed by atoms with van der Waals surface area (Å²) in [7, 11) is 0. The van der Waals surface area contributed by atoms with Gasteiger partial charge in [0.05, 0.1) is 13.2 Å². The van der Waals surface area contributed by atoms with Gasteiger partial charge in [0.1, 0.15) is 0 Å². The Bertz CT molecular complexity index is 653. The quantitative estimate of drug-likeness (QED) is 0.875. The molecule has 1 N–H and O–H groups in total. The molecule has 0 radical (unpaired) electrons. The first kappa shape index (κ1) is 15.9. The molecule has 116 valence electrons. The third kappa shape index (κ3) is 4.01. The van der Waals surface area contributed by atoms with Crippen LogP contribution < -0.4 is 14.8 Å². The van der Waals surface area contributed by atoms with Crippen LogP contribution in [0.3, 0.4) is 0 Å². The number of carbonyl (C=O) groups is 1. The second-order valence-electron chi connectivity index (χ2n) is 4.85. The molecular formula is C18H21NO3. The van der Waals surface area contributed by atoms with Crippen molar-refractivity contribution in [3.63, 3.8) is 0 Å². The number of aryl methyl sites for hydroxylation is 1. The van der Waals surface area contributed by atoms with E-state index in [4.69, 9.17) is 9.47 Å². The summed E-state index contributed by atoms with van der Waals surface area (Å²) in [5, 5.41) is 2.88. The van der Waals surface area contributed by atoms with Crippen LogP contribution in [0.2, 0.25) is 0 Å². The number of ether oxygens (including phenoxy) is 2. The molecule has 1 amide bonds. The maximum atomic E-state index is 12.3. The fourth-order valence-electron chi connectivity index (χ4n) is 2.12. The largest absolute Gasteiger partial charge is 0.490 e. The molecule has 0 atom stereocenters. The zero-order valence-electron chi connectivity index (χ0n) is 13.2. The van der Waals surface area contributed by atoms with Gasteiger partial charge in [-0.25, -0.2) is 0 Å². The first-order valence-corrected chi connectivity index (χ1v) is 7.41. The van der Waals surface area contributed by atoms with E-state index in [0.29, 0.717) is 30.3 Å². The molecule has 0 aliphatic carbocycles. The van der Waals surface area contributed by atoms with Crippen molar-refractivity contribution in [3.05, 3.63) is 53.6 Å². The lowest BCUT2D eigenvalue weighted by Crippen LogP contribution is -2.12. The van der Waals surface area contributed by atoms with Gasteiger partial charge in [0.15, 0.2) is 11.5 Å². The second kappa shape index (κ2) is 7.50. The molecule has 0 spiro atoms. The molecule has 0 saturated heterocycles. The average Bonchev–Trinajstić information content (AvgIpc) is 2.49. The lowest BCUT2D eigenvalue weighted by molar-refractivity contribution is 0.102. The Morgan fingerprint density at radius 2 is 1.73 bits per heavy atom. The summed E-state index contributed by atoms with van der Waals surface area (Å²) in [4.78, 5) is 12.3. The van der Waals surface area contributed by atoms with Crippen LogP contribution >= 0.6 is 0 Å². The molecule has 2 aromatic rings. The normalized spacial score (nSPS) is 10.1. The number of carbonyl (C=O) groups excluding carboxylic acids is 1. The number of hydrogen-bond acceptors (Lipinski definition) is 3. The second-order valence-corrected chi connectivity index (χ2v) is 4.85. The lowest BCUT2D eigenvalue weighted by atomic mass is 10.1. The van der Waals surface area contributed by atoms with E-state index in [1.807, 2.05) is 45.0 Å². The van der Waals surface area contributed by atoms with Gasteiger partial charge in [-0.15, -0.1) is 0 Å². The van der Waals surface area contributed by atoms with Gasteiger partial charge in [0.2, 0.25) is 0 Å². The molecule has 0 unspecified atom stereocenters. The van der Waals surface area contributed by atoms with E-state index in [9.17, 15) is 4.79 Å². The molecule has 0 bridgehead atoms. The van der Waals surface area contributed by atoms with E-state index in [1.54, 1.807) is 18.2 Å². The van der Waals surface area contributed by atoms with E-state index in [0.717, 1.165) is 11.3 Å². The summed E-state index contributed by atoms with van der Waals surface area (Å²) in [6, 6.07) is 12.9. The monoisotopic (exact) mass is 299 g/mol. The van der Waals surface area contributed by atoms with Gasteiger partial charge >= 0.3 is 0 Å². The Morgan fingerprint density at radius 1 is 1.00 bits per heavy atom. The summed E-state index contributed by atoms with van der Waals surface area (Å²) >= 11 is 0. The highest BCUT2D eigenvalue weighted by Crippen LogP contribution is 2.28. The average molecular weight is 299 g/mol. The van der Waals surface area contributed by atoms with E-state index in [-0.39, 0.29) is 5.91 Å². The Labute approximate surface area is 131 Å². The smallest absolute Gasteiger partial charge is 0.255 e. The fraction of sp³-hybridized carbons (Fsp3) is 0.278. The number of rotatable bonds is 6. The summed E-state index contributed by atoms with van der Waals surface area (Å²) in [5.41, 5.74) is 2.41. The van der Waals surface area contributed by atoms with Crippen molar-refractivity contribution in [3.8, 4) is 11.5 Å². The standard InChI is InChI=1S/C18H21NO3/c1-4-21-16-10-9-14(12-17(16)22-5-2)18(20)19-15-8-6-7-13(3)11-15/h6-12H,4-5H2,1-3H3,(H,19,20). The summed E-state index contributed by atoms with van der Waals surface area (Å²) in [6.07, 6.45) is 0. The van der Waals surface area contributed by atoms with Crippen molar-refractivity contribution in [2.24, 2.45) is 0 Å². The highest BCUT2D eigenvalue weighted by atomic mass is 16.5. The molecule has 4 heteroatoms. The van der Waals surface area contributed by atoms with E-state index < -0.39 is 0 Å². The van der Waals surface area contributed by atoms with E-state index in [1.165, 1.54) is 0 Å². The van der Waals surface area contributed by atoms with Crippen LogP contribution in [0, 0.1) is 6.92 Å². The Balaban J connectivity index is 2.20. The highest BCUT2D eigenvalue weighted by molar-refractivity contribution is 6.04. The van der Waals surface area contributed by atoms with E-state index in [2.05, 4.69) is 5.32 Å². The molecular weight excluding hydrogens is 278 g/mol. The van der Waals surface area contributed by atoms with Crippen molar-refractivity contribution in [2.75, 3.05) is 18.5 Å². The third-order valence-electron chi connectivity index (χ3n) is 3.08. The molecule has 0 heterocycles. The van der Waals surface area contributed by atoms with Crippen molar-refractivity contribution in [1.29, 1.82) is 0 Å². The molecule has 4 nitrogen and oxygen atoms in total. The predicted molar refractivity (Wildman–Crippen MR) is 87.9 cm³/mol. The van der Waals surface area contributed by atoms with Gasteiger partial charge in [0, 0.05) is 11.3 Å². The molecule has 0 aliphatic heterocycles. The molecule has 2 aromatic carbocycles. The van der Waals surface area contributed by atoms with Gasteiger partial charge in [-0.2, -0.15) is 0 Å². The summed E-state index contributed by atoms with van der Waals surface area (Å²) in [5.74, 6) is 1.06. The van der Waals surface area contributed by atoms with Crippen LogP contribution in [-0.2, 0) is 0 Å².